The first kappa shape index (κ1) is 15.3. The molecule has 6 heteroatoms. The summed E-state index contributed by atoms with van der Waals surface area (Å²) >= 11 is 0. The molecule has 4 rings (SSSR count). The second kappa shape index (κ2) is 6.36. The number of hydrogen-bond acceptors (Lipinski definition) is 4. The average molecular weight is 325 g/mol. The summed E-state index contributed by atoms with van der Waals surface area (Å²) in [6.45, 7) is 1.48. The van der Waals surface area contributed by atoms with Gasteiger partial charge in [0.2, 0.25) is 5.91 Å². The molecule has 1 saturated carbocycles. The van der Waals surface area contributed by atoms with Crippen LogP contribution in [-0.2, 0) is 4.79 Å². The van der Waals surface area contributed by atoms with Crippen molar-refractivity contribution < 1.29 is 4.79 Å². The molecule has 1 aromatic heterocycles. The number of carbonyl (C=O) groups is 1. The number of carbonyl (C=O) groups excluding carboxylic acids is 1. The number of nitrogens with zero attached hydrogens (tertiary/aromatic N) is 4. The van der Waals surface area contributed by atoms with Gasteiger partial charge in [-0.1, -0.05) is 30.3 Å². The SMILES string of the molecule is N[C@@H](C(=O)N1CCC(c2nncn2C2CC2)CC1)c1ccccc1. The molecule has 1 aromatic carbocycles. The number of benzene rings is 1. The van der Waals surface area contributed by atoms with Gasteiger partial charge in [0.25, 0.3) is 0 Å². The van der Waals surface area contributed by atoms with Crippen LogP contribution in [0.4, 0.5) is 0 Å². The maximum absolute atomic E-state index is 12.6. The summed E-state index contributed by atoms with van der Waals surface area (Å²) in [5, 5.41) is 8.43. The molecule has 2 aliphatic rings. The van der Waals surface area contributed by atoms with Crippen LogP contribution in [0.1, 0.15) is 55.1 Å². The zero-order valence-corrected chi connectivity index (χ0v) is 13.7. The van der Waals surface area contributed by atoms with E-state index in [1.807, 2.05) is 41.6 Å². The van der Waals surface area contributed by atoms with Gasteiger partial charge >= 0.3 is 0 Å². The highest BCUT2D eigenvalue weighted by atomic mass is 16.2. The summed E-state index contributed by atoms with van der Waals surface area (Å²) < 4.78 is 2.23. The Balaban J connectivity index is 1.39. The molecule has 0 radical (unpaired) electrons. The van der Waals surface area contributed by atoms with Crippen molar-refractivity contribution in [3.63, 3.8) is 0 Å². The second-order valence-corrected chi connectivity index (χ2v) is 6.82. The lowest BCUT2D eigenvalue weighted by atomic mass is 9.95. The van der Waals surface area contributed by atoms with Crippen LogP contribution < -0.4 is 5.73 Å². The highest BCUT2D eigenvalue weighted by Crippen LogP contribution is 2.38. The summed E-state index contributed by atoms with van der Waals surface area (Å²) in [7, 11) is 0. The number of piperidine rings is 1. The van der Waals surface area contributed by atoms with Crippen molar-refractivity contribution in [2.45, 2.75) is 43.7 Å². The first-order chi connectivity index (χ1) is 11.7. The minimum atomic E-state index is -0.571. The van der Waals surface area contributed by atoms with E-state index >= 15 is 0 Å². The van der Waals surface area contributed by atoms with Gasteiger partial charge < -0.3 is 15.2 Å². The second-order valence-electron chi connectivity index (χ2n) is 6.82. The van der Waals surface area contributed by atoms with Crippen LogP contribution in [0.2, 0.25) is 0 Å². The van der Waals surface area contributed by atoms with Gasteiger partial charge in [0.1, 0.15) is 18.2 Å². The van der Waals surface area contributed by atoms with E-state index in [9.17, 15) is 4.79 Å². The van der Waals surface area contributed by atoms with Crippen molar-refractivity contribution in [2.24, 2.45) is 5.73 Å². The summed E-state index contributed by atoms with van der Waals surface area (Å²) in [5.41, 5.74) is 7.03. The van der Waals surface area contributed by atoms with Crippen molar-refractivity contribution in [2.75, 3.05) is 13.1 Å². The third-order valence-corrected chi connectivity index (χ3v) is 5.14. The Kier molecular flexibility index (Phi) is 4.06. The van der Waals surface area contributed by atoms with Crippen LogP contribution >= 0.6 is 0 Å². The van der Waals surface area contributed by atoms with Gasteiger partial charge in [0.15, 0.2) is 0 Å². The molecule has 2 heterocycles. The smallest absolute Gasteiger partial charge is 0.244 e. The van der Waals surface area contributed by atoms with Gasteiger partial charge in [-0.25, -0.2) is 0 Å². The molecule has 2 fully saturated rings. The largest absolute Gasteiger partial charge is 0.341 e. The molecular formula is C18H23N5O. The lowest BCUT2D eigenvalue weighted by Crippen LogP contribution is -2.43. The van der Waals surface area contributed by atoms with E-state index < -0.39 is 6.04 Å². The molecule has 6 nitrogen and oxygen atoms in total. The number of amides is 1. The molecule has 0 spiro atoms. The van der Waals surface area contributed by atoms with E-state index in [4.69, 9.17) is 5.73 Å². The van der Waals surface area contributed by atoms with Crippen molar-refractivity contribution >= 4 is 5.91 Å². The molecule has 2 aromatic rings. The summed E-state index contributed by atoms with van der Waals surface area (Å²) in [5.74, 6) is 1.50. The lowest BCUT2D eigenvalue weighted by molar-refractivity contribution is -0.133. The van der Waals surface area contributed by atoms with Gasteiger partial charge in [-0.3, -0.25) is 4.79 Å². The fourth-order valence-corrected chi connectivity index (χ4v) is 3.54. The topological polar surface area (TPSA) is 77.0 Å². The normalized spacial score (nSPS) is 20.1. The van der Waals surface area contributed by atoms with Gasteiger partial charge in [-0.05, 0) is 31.2 Å². The van der Waals surface area contributed by atoms with Gasteiger partial charge in [0.05, 0.1) is 0 Å². The number of hydrogen-bond donors (Lipinski definition) is 1. The molecule has 1 aliphatic heterocycles. The molecule has 1 saturated heterocycles. The molecule has 1 atom stereocenters. The van der Waals surface area contributed by atoms with Crippen molar-refractivity contribution in [1.29, 1.82) is 0 Å². The van der Waals surface area contributed by atoms with E-state index in [2.05, 4.69) is 14.8 Å². The molecular weight excluding hydrogens is 302 g/mol. The molecule has 1 aliphatic carbocycles. The Bertz CT molecular complexity index is 701. The zero-order chi connectivity index (χ0) is 16.5. The highest BCUT2D eigenvalue weighted by molar-refractivity contribution is 5.83. The highest BCUT2D eigenvalue weighted by Gasteiger charge is 2.32. The Morgan fingerprint density at radius 2 is 1.83 bits per heavy atom. The third-order valence-electron chi connectivity index (χ3n) is 5.14. The molecule has 1 amide bonds. The monoisotopic (exact) mass is 325 g/mol. The van der Waals surface area contributed by atoms with E-state index in [1.54, 1.807) is 0 Å². The Morgan fingerprint density at radius 3 is 2.50 bits per heavy atom. The van der Waals surface area contributed by atoms with E-state index in [0.717, 1.165) is 37.3 Å². The predicted octanol–water partition coefficient (Wildman–Crippen LogP) is 2.02. The summed E-state index contributed by atoms with van der Waals surface area (Å²) in [6, 6.07) is 9.61. The van der Waals surface area contributed by atoms with Crippen molar-refractivity contribution in [1.82, 2.24) is 19.7 Å². The van der Waals surface area contributed by atoms with Crippen LogP contribution in [0.15, 0.2) is 36.7 Å². The van der Waals surface area contributed by atoms with E-state index in [0.29, 0.717) is 12.0 Å². The zero-order valence-electron chi connectivity index (χ0n) is 13.7. The van der Waals surface area contributed by atoms with Gasteiger partial charge in [0, 0.05) is 25.0 Å². The Labute approximate surface area is 141 Å². The summed E-state index contributed by atoms with van der Waals surface area (Å²) in [6.07, 6.45) is 6.18. The van der Waals surface area contributed by atoms with Crippen LogP contribution in [0.3, 0.4) is 0 Å². The minimum absolute atomic E-state index is 0.0170. The van der Waals surface area contributed by atoms with Crippen LogP contribution in [0.25, 0.3) is 0 Å². The number of rotatable bonds is 4. The molecule has 24 heavy (non-hydrogen) atoms. The lowest BCUT2D eigenvalue weighted by Gasteiger charge is -2.33. The van der Waals surface area contributed by atoms with Crippen LogP contribution in [-0.4, -0.2) is 38.7 Å². The van der Waals surface area contributed by atoms with Crippen molar-refractivity contribution in [3.05, 3.63) is 48.0 Å². The fourth-order valence-electron chi connectivity index (χ4n) is 3.54. The summed E-state index contributed by atoms with van der Waals surface area (Å²) in [4.78, 5) is 14.5. The average Bonchev–Trinajstić information content (AvgIpc) is 3.38. The van der Waals surface area contributed by atoms with Crippen LogP contribution in [0.5, 0.6) is 0 Å². The quantitative estimate of drug-likeness (QED) is 0.933. The molecule has 2 N–H and O–H groups in total. The van der Waals surface area contributed by atoms with Crippen LogP contribution in [0, 0.1) is 0 Å². The third kappa shape index (κ3) is 2.94. The maximum Gasteiger partial charge on any atom is 0.244 e. The first-order valence-electron chi connectivity index (χ1n) is 8.73. The molecule has 0 bridgehead atoms. The first-order valence-corrected chi connectivity index (χ1v) is 8.73. The van der Waals surface area contributed by atoms with E-state index in [1.165, 1.54) is 12.8 Å². The standard InChI is InChI=1S/C18H23N5O/c19-16(13-4-2-1-3-5-13)18(24)22-10-8-14(9-11-22)17-21-20-12-23(17)15-6-7-15/h1-5,12,14-16H,6-11,19H2/t16-/m1/s1. The molecule has 126 valence electrons. The molecule has 0 unspecified atom stereocenters. The maximum atomic E-state index is 12.6. The van der Waals surface area contributed by atoms with Gasteiger partial charge in [-0.15, -0.1) is 10.2 Å². The Morgan fingerprint density at radius 1 is 1.12 bits per heavy atom. The van der Waals surface area contributed by atoms with Crippen molar-refractivity contribution in [3.8, 4) is 0 Å². The number of aromatic nitrogens is 3. The van der Waals surface area contributed by atoms with E-state index in [-0.39, 0.29) is 5.91 Å². The number of nitrogens with two attached hydrogens (primary N) is 1. The fraction of sp³-hybridized carbons (Fsp3) is 0.500. The van der Waals surface area contributed by atoms with Gasteiger partial charge in [-0.2, -0.15) is 0 Å². The number of likely N-dealkylation sites (tertiary alicyclic amines) is 1. The predicted molar refractivity (Wildman–Crippen MR) is 90.2 cm³/mol. The Hall–Kier alpha value is -2.21. The minimum Gasteiger partial charge on any atom is -0.341 e.